The lowest BCUT2D eigenvalue weighted by Crippen LogP contribution is -2.41. The number of methoxy groups -OCH3 is 2. The van der Waals surface area contributed by atoms with Crippen molar-refractivity contribution < 1.29 is 14.3 Å². The van der Waals surface area contributed by atoms with Crippen LogP contribution in [0.3, 0.4) is 0 Å². The number of nitrogens with zero attached hydrogens (tertiary/aromatic N) is 4. The Morgan fingerprint density at radius 1 is 1.00 bits per heavy atom. The van der Waals surface area contributed by atoms with Crippen LogP contribution in [0.25, 0.3) is 21.8 Å². The summed E-state index contributed by atoms with van der Waals surface area (Å²) in [5, 5.41) is 15.0. The van der Waals surface area contributed by atoms with Gasteiger partial charge in [0.25, 0.3) is 0 Å². The number of rotatable bonds is 9. The average molecular weight is 530 g/mol. The summed E-state index contributed by atoms with van der Waals surface area (Å²) >= 11 is 1.61. The second-order valence-corrected chi connectivity index (χ2v) is 10.0. The molecule has 0 bridgehead atoms. The Morgan fingerprint density at radius 3 is 2.50 bits per heavy atom. The number of amides is 1. The molecule has 0 aliphatic carbocycles. The number of anilines is 1. The minimum absolute atomic E-state index is 0.0114. The number of benzene rings is 2. The number of para-hydroxylation sites is 1. The van der Waals surface area contributed by atoms with Gasteiger partial charge in [-0.1, -0.05) is 12.1 Å². The summed E-state index contributed by atoms with van der Waals surface area (Å²) in [6.45, 7) is 2.14. The van der Waals surface area contributed by atoms with Gasteiger partial charge < -0.3 is 19.7 Å². The molecule has 4 aromatic rings. The van der Waals surface area contributed by atoms with Crippen LogP contribution in [0.2, 0.25) is 0 Å². The molecule has 8 nitrogen and oxygen atoms in total. The molecule has 9 heteroatoms. The van der Waals surface area contributed by atoms with Gasteiger partial charge in [-0.25, -0.2) is 4.98 Å². The molecule has 1 fully saturated rings. The van der Waals surface area contributed by atoms with Crippen LogP contribution in [0.5, 0.6) is 11.5 Å². The minimum Gasteiger partial charge on any atom is -0.497 e. The lowest BCUT2D eigenvalue weighted by molar-refractivity contribution is -0.125. The number of carbonyl (C=O) groups excluding carboxylic acids is 1. The standard InChI is InChI=1S/C29H31N5O3S/c1-36-23-9-7-21(8-10-23)29-31-22(19-38-29)13-16-30-28(35)20-14-17-34(18-15-20)27-12-11-25(32-33-27)24-5-3-4-6-26(24)37-2/h3-12,19-20H,13-18H2,1-2H3,(H,30,35). The number of nitrogens with one attached hydrogen (secondary N) is 1. The van der Waals surface area contributed by atoms with Crippen molar-refractivity contribution in [2.45, 2.75) is 19.3 Å². The molecule has 196 valence electrons. The number of carbonyl (C=O) groups is 1. The van der Waals surface area contributed by atoms with E-state index >= 15 is 0 Å². The predicted octanol–water partition coefficient (Wildman–Crippen LogP) is 4.86. The molecular formula is C29H31N5O3S. The molecule has 5 rings (SSSR count). The van der Waals surface area contributed by atoms with Crippen LogP contribution in [0.4, 0.5) is 5.82 Å². The maximum Gasteiger partial charge on any atom is 0.223 e. The van der Waals surface area contributed by atoms with E-state index in [0.717, 1.165) is 70.8 Å². The van der Waals surface area contributed by atoms with Gasteiger partial charge in [0.1, 0.15) is 16.5 Å². The first-order valence-electron chi connectivity index (χ1n) is 12.7. The number of hydrogen-bond acceptors (Lipinski definition) is 8. The number of piperidine rings is 1. The van der Waals surface area contributed by atoms with Crippen molar-refractivity contribution >= 4 is 23.1 Å². The fraction of sp³-hybridized carbons (Fsp3) is 0.310. The average Bonchev–Trinajstić information content (AvgIpc) is 3.46. The number of aromatic nitrogens is 3. The summed E-state index contributed by atoms with van der Waals surface area (Å²) in [6, 6.07) is 19.6. The van der Waals surface area contributed by atoms with Gasteiger partial charge in [0, 0.05) is 48.5 Å². The first kappa shape index (κ1) is 25.7. The van der Waals surface area contributed by atoms with Crippen LogP contribution in [-0.4, -0.2) is 54.9 Å². The third-order valence-electron chi connectivity index (χ3n) is 6.79. The lowest BCUT2D eigenvalue weighted by atomic mass is 9.96. The van der Waals surface area contributed by atoms with Crippen molar-refractivity contribution in [3.8, 4) is 33.3 Å². The molecule has 0 radical (unpaired) electrons. The van der Waals surface area contributed by atoms with Gasteiger partial charge in [-0.05, 0) is 61.4 Å². The van der Waals surface area contributed by atoms with Gasteiger partial charge in [0.2, 0.25) is 5.91 Å². The maximum absolute atomic E-state index is 12.8. The van der Waals surface area contributed by atoms with Gasteiger partial charge in [-0.15, -0.1) is 21.5 Å². The Balaban J connectivity index is 1.08. The van der Waals surface area contributed by atoms with Crippen molar-refractivity contribution in [1.82, 2.24) is 20.5 Å². The van der Waals surface area contributed by atoms with E-state index in [1.807, 2.05) is 60.7 Å². The van der Waals surface area contributed by atoms with E-state index in [0.29, 0.717) is 13.0 Å². The zero-order valence-corrected chi connectivity index (χ0v) is 22.4. The Hall–Kier alpha value is -3.98. The molecule has 38 heavy (non-hydrogen) atoms. The molecule has 0 atom stereocenters. The molecule has 2 aromatic carbocycles. The van der Waals surface area contributed by atoms with E-state index in [-0.39, 0.29) is 11.8 Å². The van der Waals surface area contributed by atoms with E-state index in [1.54, 1.807) is 25.6 Å². The fourth-order valence-corrected chi connectivity index (χ4v) is 5.47. The smallest absolute Gasteiger partial charge is 0.223 e. The van der Waals surface area contributed by atoms with Crippen LogP contribution in [0.15, 0.2) is 66.0 Å². The van der Waals surface area contributed by atoms with Gasteiger partial charge in [-0.3, -0.25) is 4.79 Å². The molecule has 1 N–H and O–H groups in total. The summed E-state index contributed by atoms with van der Waals surface area (Å²) in [4.78, 5) is 19.7. The lowest BCUT2D eigenvalue weighted by Gasteiger charge is -2.31. The van der Waals surface area contributed by atoms with Crippen molar-refractivity contribution in [1.29, 1.82) is 0 Å². The second kappa shape index (κ2) is 12.0. The first-order valence-corrected chi connectivity index (χ1v) is 13.6. The topological polar surface area (TPSA) is 89.5 Å². The van der Waals surface area contributed by atoms with E-state index in [1.165, 1.54) is 0 Å². The third kappa shape index (κ3) is 5.94. The molecule has 0 spiro atoms. The third-order valence-corrected chi connectivity index (χ3v) is 7.73. The molecule has 1 saturated heterocycles. The van der Waals surface area contributed by atoms with Gasteiger partial charge in [0.15, 0.2) is 5.82 Å². The van der Waals surface area contributed by atoms with E-state index in [2.05, 4.69) is 25.8 Å². The summed E-state index contributed by atoms with van der Waals surface area (Å²) in [6.07, 6.45) is 2.30. The second-order valence-electron chi connectivity index (χ2n) is 9.15. The summed E-state index contributed by atoms with van der Waals surface area (Å²) in [5.74, 6) is 2.56. The highest BCUT2D eigenvalue weighted by Crippen LogP contribution is 2.29. The van der Waals surface area contributed by atoms with Gasteiger partial charge in [-0.2, -0.15) is 0 Å². The van der Waals surface area contributed by atoms with Crippen molar-refractivity contribution in [2.75, 3.05) is 38.8 Å². The van der Waals surface area contributed by atoms with Crippen LogP contribution in [-0.2, 0) is 11.2 Å². The highest BCUT2D eigenvalue weighted by molar-refractivity contribution is 7.13. The van der Waals surface area contributed by atoms with Gasteiger partial charge >= 0.3 is 0 Å². The molecule has 1 aliphatic rings. The van der Waals surface area contributed by atoms with Crippen molar-refractivity contribution in [3.63, 3.8) is 0 Å². The largest absolute Gasteiger partial charge is 0.497 e. The highest BCUT2D eigenvalue weighted by Gasteiger charge is 2.25. The molecule has 3 heterocycles. The van der Waals surface area contributed by atoms with E-state index < -0.39 is 0 Å². The zero-order chi connectivity index (χ0) is 26.3. The van der Waals surface area contributed by atoms with Crippen LogP contribution < -0.4 is 19.7 Å². The normalized spacial score (nSPS) is 13.8. The van der Waals surface area contributed by atoms with Gasteiger partial charge in [0.05, 0.1) is 25.6 Å². The monoisotopic (exact) mass is 529 g/mol. The Bertz CT molecular complexity index is 1350. The van der Waals surface area contributed by atoms with Crippen LogP contribution in [0.1, 0.15) is 18.5 Å². The molecular weight excluding hydrogens is 498 g/mol. The first-order chi connectivity index (χ1) is 18.6. The molecule has 0 unspecified atom stereocenters. The number of thiazole rings is 1. The van der Waals surface area contributed by atoms with Crippen molar-refractivity contribution in [2.24, 2.45) is 5.92 Å². The number of ether oxygens (including phenoxy) is 2. The van der Waals surface area contributed by atoms with Crippen molar-refractivity contribution in [3.05, 3.63) is 71.7 Å². The molecule has 2 aromatic heterocycles. The van der Waals surface area contributed by atoms with E-state index in [4.69, 9.17) is 14.5 Å². The molecule has 1 amide bonds. The summed E-state index contributed by atoms with van der Waals surface area (Å²) < 4.78 is 10.7. The van der Waals surface area contributed by atoms with Crippen LogP contribution in [0, 0.1) is 5.92 Å². The predicted molar refractivity (Wildman–Crippen MR) is 150 cm³/mol. The molecule has 1 aliphatic heterocycles. The number of hydrogen-bond donors (Lipinski definition) is 1. The highest BCUT2D eigenvalue weighted by atomic mass is 32.1. The molecule has 0 saturated carbocycles. The van der Waals surface area contributed by atoms with Crippen LogP contribution >= 0.6 is 11.3 Å². The fourth-order valence-electron chi connectivity index (χ4n) is 4.61. The zero-order valence-electron chi connectivity index (χ0n) is 21.6. The summed E-state index contributed by atoms with van der Waals surface area (Å²) in [5.41, 5.74) is 3.75. The maximum atomic E-state index is 12.8. The Labute approximate surface area is 226 Å². The minimum atomic E-state index is 0.0114. The Morgan fingerprint density at radius 2 is 1.79 bits per heavy atom. The SMILES string of the molecule is COc1ccc(-c2nc(CCNC(=O)C3CCN(c4ccc(-c5ccccc5OC)nn4)CC3)cs2)cc1. The Kier molecular flexibility index (Phi) is 8.13. The quantitative estimate of drug-likeness (QED) is 0.331. The van der Waals surface area contributed by atoms with E-state index in [9.17, 15) is 4.79 Å². The summed E-state index contributed by atoms with van der Waals surface area (Å²) in [7, 11) is 3.31.